The molecule has 28 heavy (non-hydrogen) atoms. The maximum absolute atomic E-state index is 12.5. The molecule has 0 saturated carbocycles. The van der Waals surface area contributed by atoms with Crippen LogP contribution in [0.4, 0.5) is 5.69 Å². The number of ether oxygens (including phenoxy) is 3. The molecule has 2 aromatic rings. The maximum atomic E-state index is 12.5. The van der Waals surface area contributed by atoms with Crippen molar-refractivity contribution >= 4 is 23.2 Å². The van der Waals surface area contributed by atoms with E-state index < -0.39 is 0 Å². The second-order valence-corrected chi connectivity index (χ2v) is 7.19. The third-order valence-corrected chi connectivity index (χ3v) is 5.10. The van der Waals surface area contributed by atoms with Crippen molar-refractivity contribution in [2.45, 2.75) is 13.0 Å². The number of rotatable bonds is 4. The molecule has 0 unspecified atom stereocenters. The van der Waals surface area contributed by atoms with Gasteiger partial charge in [0, 0.05) is 37.3 Å². The molecule has 7 heteroatoms. The lowest BCUT2D eigenvalue weighted by Crippen LogP contribution is -2.36. The van der Waals surface area contributed by atoms with Gasteiger partial charge in [0.05, 0.1) is 31.5 Å². The molecule has 4 rings (SSSR count). The van der Waals surface area contributed by atoms with Crippen LogP contribution in [-0.2, 0) is 11.3 Å². The first-order valence-electron chi connectivity index (χ1n) is 9.50. The minimum absolute atomic E-state index is 0.128. The van der Waals surface area contributed by atoms with Gasteiger partial charge in [-0.3, -0.25) is 4.79 Å². The van der Waals surface area contributed by atoms with Gasteiger partial charge in [0.25, 0.3) is 5.91 Å². The van der Waals surface area contributed by atoms with Crippen LogP contribution in [0.3, 0.4) is 0 Å². The molecule has 0 atom stereocenters. The number of hydrogen-bond acceptors (Lipinski definition) is 5. The smallest absolute Gasteiger partial charge is 0.251 e. The fourth-order valence-corrected chi connectivity index (χ4v) is 3.60. The highest BCUT2D eigenvalue weighted by atomic mass is 35.5. The summed E-state index contributed by atoms with van der Waals surface area (Å²) in [7, 11) is 0. The summed E-state index contributed by atoms with van der Waals surface area (Å²) in [5, 5.41) is 3.43. The molecule has 1 amide bonds. The Labute approximate surface area is 169 Å². The van der Waals surface area contributed by atoms with E-state index in [1.165, 1.54) is 0 Å². The van der Waals surface area contributed by atoms with E-state index in [1.807, 2.05) is 30.3 Å². The maximum Gasteiger partial charge on any atom is 0.251 e. The number of benzene rings is 2. The fourth-order valence-electron chi connectivity index (χ4n) is 3.32. The summed E-state index contributed by atoms with van der Waals surface area (Å²) < 4.78 is 16.7. The van der Waals surface area contributed by atoms with Crippen LogP contribution in [0, 0.1) is 0 Å². The van der Waals surface area contributed by atoms with Crippen molar-refractivity contribution in [3.8, 4) is 11.5 Å². The van der Waals surface area contributed by atoms with Crippen LogP contribution in [0.2, 0.25) is 5.02 Å². The van der Waals surface area contributed by atoms with Crippen molar-refractivity contribution in [1.29, 1.82) is 0 Å². The molecule has 6 nitrogen and oxygen atoms in total. The van der Waals surface area contributed by atoms with Crippen LogP contribution in [0.5, 0.6) is 11.5 Å². The first-order chi connectivity index (χ1) is 13.7. The number of amides is 1. The Balaban J connectivity index is 1.39. The Hall–Kier alpha value is -2.44. The number of carbonyl (C=O) groups excluding carboxylic acids is 1. The van der Waals surface area contributed by atoms with Crippen LogP contribution < -0.4 is 19.7 Å². The van der Waals surface area contributed by atoms with Crippen molar-refractivity contribution in [2.75, 3.05) is 44.4 Å². The van der Waals surface area contributed by atoms with Gasteiger partial charge in [-0.25, -0.2) is 0 Å². The second-order valence-electron chi connectivity index (χ2n) is 6.78. The number of morpholine rings is 1. The van der Waals surface area contributed by atoms with Crippen LogP contribution in [0.25, 0.3) is 0 Å². The van der Waals surface area contributed by atoms with Gasteiger partial charge < -0.3 is 24.4 Å². The summed E-state index contributed by atoms with van der Waals surface area (Å²) in [5.74, 6) is 1.08. The van der Waals surface area contributed by atoms with Crippen molar-refractivity contribution in [2.24, 2.45) is 0 Å². The van der Waals surface area contributed by atoms with Crippen molar-refractivity contribution in [3.05, 3.63) is 52.5 Å². The number of anilines is 1. The van der Waals surface area contributed by atoms with Crippen molar-refractivity contribution < 1.29 is 19.0 Å². The average Bonchev–Trinajstić information content (AvgIpc) is 2.99. The Kier molecular flexibility index (Phi) is 5.88. The lowest BCUT2D eigenvalue weighted by Gasteiger charge is -2.28. The van der Waals surface area contributed by atoms with E-state index in [4.69, 9.17) is 25.8 Å². The molecule has 2 aliphatic heterocycles. The first-order valence-corrected chi connectivity index (χ1v) is 9.87. The molecular weight excluding hydrogens is 380 g/mol. The van der Waals surface area contributed by atoms with E-state index >= 15 is 0 Å². The average molecular weight is 403 g/mol. The third-order valence-electron chi connectivity index (χ3n) is 4.82. The number of halogens is 1. The fraction of sp³-hybridized carbons (Fsp3) is 0.381. The quantitative estimate of drug-likeness (QED) is 0.850. The van der Waals surface area contributed by atoms with Crippen molar-refractivity contribution in [3.63, 3.8) is 0 Å². The molecular formula is C21H23ClN2O4. The summed E-state index contributed by atoms with van der Waals surface area (Å²) >= 11 is 6.31. The van der Waals surface area contributed by atoms with Crippen LogP contribution in [0.15, 0.2) is 36.4 Å². The second kappa shape index (κ2) is 8.71. The predicted molar refractivity (Wildman–Crippen MR) is 108 cm³/mol. The van der Waals surface area contributed by atoms with Gasteiger partial charge in [0.1, 0.15) is 0 Å². The molecule has 1 N–H and O–H groups in total. The van der Waals surface area contributed by atoms with Crippen molar-refractivity contribution in [1.82, 2.24) is 5.32 Å². The van der Waals surface area contributed by atoms with Gasteiger partial charge in [-0.05, 0) is 42.0 Å². The number of nitrogens with zero attached hydrogens (tertiary/aromatic N) is 1. The molecule has 0 aliphatic carbocycles. The summed E-state index contributed by atoms with van der Waals surface area (Å²) in [6.45, 7) is 4.76. The van der Waals surface area contributed by atoms with Gasteiger partial charge in [0.15, 0.2) is 11.5 Å². The molecule has 148 valence electrons. The van der Waals surface area contributed by atoms with E-state index in [1.54, 1.807) is 6.07 Å². The summed E-state index contributed by atoms with van der Waals surface area (Å²) in [4.78, 5) is 14.8. The lowest BCUT2D eigenvalue weighted by molar-refractivity contribution is 0.0950. The third kappa shape index (κ3) is 4.34. The summed E-state index contributed by atoms with van der Waals surface area (Å²) in [5.41, 5.74) is 2.60. The predicted octanol–water partition coefficient (Wildman–Crippen LogP) is 3.27. The van der Waals surface area contributed by atoms with Gasteiger partial charge in [0.2, 0.25) is 0 Å². The highest BCUT2D eigenvalue weighted by Crippen LogP contribution is 2.38. The molecule has 2 aliphatic rings. The van der Waals surface area contributed by atoms with Crippen LogP contribution in [0.1, 0.15) is 22.3 Å². The standard InChI is InChI=1S/C21H23ClN2O4/c22-18-12-15(13-19-20(18)28-9-1-8-27-19)14-23-21(25)16-2-4-17(5-3-16)24-6-10-26-11-7-24/h2-5,12-13H,1,6-11,14H2,(H,23,25). The SMILES string of the molecule is O=C(NCc1cc(Cl)c2c(c1)OCCCO2)c1ccc(N2CCOCC2)cc1. The summed E-state index contributed by atoms with van der Waals surface area (Å²) in [6.07, 6.45) is 0.817. The molecule has 0 aromatic heterocycles. The molecule has 0 radical (unpaired) electrons. The zero-order valence-electron chi connectivity index (χ0n) is 15.6. The number of hydrogen-bond donors (Lipinski definition) is 1. The van der Waals surface area contributed by atoms with E-state index in [9.17, 15) is 4.79 Å². The van der Waals surface area contributed by atoms with Gasteiger partial charge >= 0.3 is 0 Å². The van der Waals surface area contributed by atoms with E-state index in [-0.39, 0.29) is 5.91 Å². The molecule has 0 spiro atoms. The molecule has 2 heterocycles. The zero-order chi connectivity index (χ0) is 19.3. The monoisotopic (exact) mass is 402 g/mol. The molecule has 1 fully saturated rings. The van der Waals surface area contributed by atoms with E-state index in [2.05, 4.69) is 10.2 Å². The van der Waals surface area contributed by atoms with Gasteiger partial charge in [-0.2, -0.15) is 0 Å². The molecule has 1 saturated heterocycles. The number of nitrogens with one attached hydrogen (secondary N) is 1. The number of carbonyl (C=O) groups is 1. The van der Waals surface area contributed by atoms with Gasteiger partial charge in [-0.1, -0.05) is 11.6 Å². The molecule has 0 bridgehead atoms. The lowest BCUT2D eigenvalue weighted by atomic mass is 10.1. The Morgan fingerprint density at radius 2 is 1.79 bits per heavy atom. The van der Waals surface area contributed by atoms with E-state index in [0.29, 0.717) is 41.8 Å². The molecule has 2 aromatic carbocycles. The highest BCUT2D eigenvalue weighted by molar-refractivity contribution is 6.32. The first kappa shape index (κ1) is 18.9. The number of fused-ring (bicyclic) bond motifs is 1. The Morgan fingerprint density at radius 1 is 1.04 bits per heavy atom. The largest absolute Gasteiger partial charge is 0.489 e. The van der Waals surface area contributed by atoms with E-state index in [0.717, 1.165) is 44.0 Å². The summed E-state index contributed by atoms with van der Waals surface area (Å²) in [6, 6.07) is 11.3. The minimum atomic E-state index is -0.128. The van der Waals surface area contributed by atoms with Crippen LogP contribution >= 0.6 is 11.6 Å². The van der Waals surface area contributed by atoms with Gasteiger partial charge in [-0.15, -0.1) is 0 Å². The normalized spacial score (nSPS) is 16.4. The Morgan fingerprint density at radius 3 is 2.57 bits per heavy atom. The minimum Gasteiger partial charge on any atom is -0.489 e. The Bertz CT molecular complexity index is 835. The topological polar surface area (TPSA) is 60.0 Å². The highest BCUT2D eigenvalue weighted by Gasteiger charge is 2.16. The zero-order valence-corrected chi connectivity index (χ0v) is 16.3. The van der Waals surface area contributed by atoms with Crippen LogP contribution in [-0.4, -0.2) is 45.4 Å².